The molecule has 1 aliphatic carbocycles. The van der Waals surface area contributed by atoms with Crippen molar-refractivity contribution in [3.05, 3.63) is 36.2 Å². The zero-order valence-electron chi connectivity index (χ0n) is 17.9. The van der Waals surface area contributed by atoms with E-state index in [2.05, 4.69) is 26.8 Å². The van der Waals surface area contributed by atoms with Crippen LogP contribution in [-0.2, 0) is 11.3 Å². The Hall–Kier alpha value is -3.02. The lowest BCUT2D eigenvalue weighted by Crippen LogP contribution is -2.24. The molecule has 0 aliphatic heterocycles. The van der Waals surface area contributed by atoms with E-state index in [-0.39, 0.29) is 23.7 Å². The second kappa shape index (κ2) is 8.25. The van der Waals surface area contributed by atoms with Gasteiger partial charge in [-0.05, 0) is 44.1 Å². The number of hydrogen-bond donors (Lipinski definition) is 2. The number of pyridine rings is 1. The van der Waals surface area contributed by atoms with Crippen LogP contribution in [0.2, 0.25) is 0 Å². The highest BCUT2D eigenvalue weighted by Gasteiger charge is 2.38. The summed E-state index contributed by atoms with van der Waals surface area (Å²) in [5, 5.41) is 11.2. The standard InChI is InChI=1S/C23H26FN5O2/c1-4-16(31-3)12-29-13-18(21-19(24)10-27-22(25)28-21)17-9-15(26-11-20(17)29)7-8-23(2,30)14-5-6-14/h9-11,13-14,16,30H,4-6,12H2,1-3H3,(H2,25,27,28). The van der Waals surface area contributed by atoms with Gasteiger partial charge in [0, 0.05) is 30.8 Å². The van der Waals surface area contributed by atoms with Gasteiger partial charge in [-0.1, -0.05) is 12.8 Å². The van der Waals surface area contributed by atoms with E-state index in [1.54, 1.807) is 26.3 Å². The van der Waals surface area contributed by atoms with E-state index in [0.29, 0.717) is 17.8 Å². The van der Waals surface area contributed by atoms with E-state index in [4.69, 9.17) is 10.5 Å². The number of rotatable bonds is 6. The van der Waals surface area contributed by atoms with Crippen LogP contribution in [0.3, 0.4) is 0 Å². The quantitative estimate of drug-likeness (QED) is 0.591. The first-order valence-electron chi connectivity index (χ1n) is 10.4. The van der Waals surface area contributed by atoms with Gasteiger partial charge in [-0.25, -0.2) is 19.3 Å². The number of anilines is 1. The third-order valence-electron chi connectivity index (χ3n) is 5.79. The molecular weight excluding hydrogens is 397 g/mol. The summed E-state index contributed by atoms with van der Waals surface area (Å²) < 4.78 is 22.1. The van der Waals surface area contributed by atoms with E-state index in [1.807, 2.05) is 17.7 Å². The Bertz CT molecular complexity index is 1170. The molecular formula is C23H26FN5O2. The summed E-state index contributed by atoms with van der Waals surface area (Å²) in [6.07, 6.45) is 7.39. The van der Waals surface area contributed by atoms with Crippen molar-refractivity contribution in [3.63, 3.8) is 0 Å². The number of fused-ring (bicyclic) bond motifs is 1. The van der Waals surface area contributed by atoms with E-state index < -0.39 is 11.4 Å². The smallest absolute Gasteiger partial charge is 0.220 e. The monoisotopic (exact) mass is 423 g/mol. The zero-order valence-corrected chi connectivity index (χ0v) is 17.9. The Morgan fingerprint density at radius 1 is 1.39 bits per heavy atom. The molecule has 0 radical (unpaired) electrons. The molecule has 2 atom stereocenters. The molecule has 8 heteroatoms. The van der Waals surface area contributed by atoms with Crippen LogP contribution in [-0.4, -0.2) is 43.4 Å². The largest absolute Gasteiger partial charge is 0.380 e. The molecule has 0 saturated heterocycles. The fraction of sp³-hybridized carbons (Fsp3) is 0.435. The summed E-state index contributed by atoms with van der Waals surface area (Å²) in [7, 11) is 1.67. The Morgan fingerprint density at radius 2 is 2.16 bits per heavy atom. The van der Waals surface area contributed by atoms with E-state index in [9.17, 15) is 9.50 Å². The molecule has 3 N–H and O–H groups in total. The van der Waals surface area contributed by atoms with Gasteiger partial charge in [0.15, 0.2) is 5.82 Å². The highest BCUT2D eigenvalue weighted by atomic mass is 19.1. The van der Waals surface area contributed by atoms with Crippen molar-refractivity contribution in [2.75, 3.05) is 12.8 Å². The van der Waals surface area contributed by atoms with Gasteiger partial charge in [-0.15, -0.1) is 0 Å². The lowest BCUT2D eigenvalue weighted by molar-refractivity contribution is 0.0857. The van der Waals surface area contributed by atoms with Crippen molar-refractivity contribution in [3.8, 4) is 23.1 Å². The number of ether oxygens (including phenoxy) is 1. The topological polar surface area (TPSA) is 99.1 Å². The molecule has 2 unspecified atom stereocenters. The van der Waals surface area contributed by atoms with Crippen molar-refractivity contribution in [2.24, 2.45) is 5.92 Å². The SMILES string of the molecule is CCC(Cn1cc(-c2nc(N)ncc2F)c2cc(C#CC(C)(O)C3CC3)ncc21)OC. The second-order valence-corrected chi connectivity index (χ2v) is 8.14. The molecule has 4 rings (SSSR count). The molecule has 162 valence electrons. The van der Waals surface area contributed by atoms with Crippen molar-refractivity contribution in [1.29, 1.82) is 0 Å². The van der Waals surface area contributed by atoms with Crippen LogP contribution in [0.4, 0.5) is 10.3 Å². The fourth-order valence-electron chi connectivity index (χ4n) is 3.69. The van der Waals surface area contributed by atoms with Gasteiger partial charge in [0.25, 0.3) is 0 Å². The van der Waals surface area contributed by atoms with Gasteiger partial charge in [0.2, 0.25) is 5.95 Å². The maximum Gasteiger partial charge on any atom is 0.220 e. The predicted octanol–water partition coefficient (Wildman–Crippen LogP) is 3.15. The van der Waals surface area contributed by atoms with Gasteiger partial charge in [-0.3, -0.25) is 0 Å². The van der Waals surface area contributed by atoms with E-state index >= 15 is 0 Å². The highest BCUT2D eigenvalue weighted by Crippen LogP contribution is 2.39. The molecule has 3 heterocycles. The van der Waals surface area contributed by atoms with Crippen molar-refractivity contribution < 1.29 is 14.2 Å². The average molecular weight is 423 g/mol. The van der Waals surface area contributed by atoms with Gasteiger partial charge in [-0.2, -0.15) is 0 Å². The lowest BCUT2D eigenvalue weighted by Gasteiger charge is -2.14. The van der Waals surface area contributed by atoms with Crippen molar-refractivity contribution >= 4 is 16.9 Å². The summed E-state index contributed by atoms with van der Waals surface area (Å²) in [6, 6.07) is 1.79. The maximum atomic E-state index is 14.6. The summed E-state index contributed by atoms with van der Waals surface area (Å²) in [5.41, 5.74) is 6.68. The summed E-state index contributed by atoms with van der Waals surface area (Å²) in [6.45, 7) is 4.35. The number of halogens is 1. The molecule has 7 nitrogen and oxygen atoms in total. The second-order valence-electron chi connectivity index (χ2n) is 8.14. The van der Waals surface area contributed by atoms with Crippen LogP contribution >= 0.6 is 0 Å². The molecule has 1 saturated carbocycles. The number of nitrogens with two attached hydrogens (primary N) is 1. The van der Waals surface area contributed by atoms with Gasteiger partial charge < -0.3 is 20.1 Å². The van der Waals surface area contributed by atoms with Gasteiger partial charge >= 0.3 is 0 Å². The highest BCUT2D eigenvalue weighted by molar-refractivity contribution is 5.95. The van der Waals surface area contributed by atoms with Crippen LogP contribution in [0.1, 0.15) is 38.8 Å². The van der Waals surface area contributed by atoms with Crippen LogP contribution < -0.4 is 5.73 Å². The summed E-state index contributed by atoms with van der Waals surface area (Å²) in [4.78, 5) is 12.3. The summed E-state index contributed by atoms with van der Waals surface area (Å²) >= 11 is 0. The minimum Gasteiger partial charge on any atom is -0.380 e. The minimum atomic E-state index is -1.04. The molecule has 3 aromatic heterocycles. The van der Waals surface area contributed by atoms with Gasteiger partial charge in [0.1, 0.15) is 17.0 Å². The first-order chi connectivity index (χ1) is 14.8. The number of nitrogens with zero attached hydrogens (tertiary/aromatic N) is 4. The Balaban J connectivity index is 1.84. The Kier molecular flexibility index (Phi) is 5.65. The maximum absolute atomic E-state index is 14.6. The Morgan fingerprint density at radius 3 is 2.84 bits per heavy atom. The van der Waals surface area contributed by atoms with Crippen LogP contribution in [0.5, 0.6) is 0 Å². The van der Waals surface area contributed by atoms with Crippen LogP contribution in [0, 0.1) is 23.6 Å². The Labute approximate surface area is 180 Å². The molecule has 1 fully saturated rings. The molecule has 0 bridgehead atoms. The molecule has 0 aromatic carbocycles. The van der Waals surface area contributed by atoms with Crippen LogP contribution in [0.25, 0.3) is 22.2 Å². The lowest BCUT2D eigenvalue weighted by atomic mass is 10.0. The van der Waals surface area contributed by atoms with Crippen molar-refractivity contribution in [2.45, 2.75) is 51.4 Å². The normalized spacial score (nSPS) is 16.5. The van der Waals surface area contributed by atoms with E-state index in [0.717, 1.165) is 36.4 Å². The predicted molar refractivity (Wildman–Crippen MR) is 116 cm³/mol. The number of aliphatic hydroxyl groups is 1. The molecule has 31 heavy (non-hydrogen) atoms. The third-order valence-corrected chi connectivity index (χ3v) is 5.79. The number of aromatic nitrogens is 4. The number of hydrogen-bond acceptors (Lipinski definition) is 6. The minimum absolute atomic E-state index is 0.00290. The molecule has 1 aliphatic rings. The van der Waals surface area contributed by atoms with Crippen LogP contribution in [0.15, 0.2) is 24.7 Å². The first kappa shape index (κ1) is 21.2. The van der Waals surface area contributed by atoms with E-state index in [1.165, 1.54) is 0 Å². The molecule has 0 spiro atoms. The summed E-state index contributed by atoms with van der Waals surface area (Å²) in [5.74, 6) is 5.56. The zero-order chi connectivity index (χ0) is 22.2. The average Bonchev–Trinajstić information content (AvgIpc) is 3.56. The molecule has 3 aromatic rings. The van der Waals surface area contributed by atoms with Crippen molar-refractivity contribution in [1.82, 2.24) is 19.5 Å². The third kappa shape index (κ3) is 4.38. The first-order valence-corrected chi connectivity index (χ1v) is 10.4. The van der Waals surface area contributed by atoms with Gasteiger partial charge in [0.05, 0.1) is 24.0 Å². The fourth-order valence-corrected chi connectivity index (χ4v) is 3.69. The molecule has 0 amide bonds. The number of nitrogen functional groups attached to an aromatic ring is 1. The number of methoxy groups -OCH3 is 1.